The lowest BCUT2D eigenvalue weighted by Gasteiger charge is -2.34. The smallest absolute Gasteiger partial charge is 0.244 e. The first kappa shape index (κ1) is 16.0. The summed E-state index contributed by atoms with van der Waals surface area (Å²) in [6.45, 7) is 1.77. The summed E-state index contributed by atoms with van der Waals surface area (Å²) in [6.07, 6.45) is 3.32. The Labute approximate surface area is 139 Å². The van der Waals surface area contributed by atoms with Gasteiger partial charge in [-0.2, -0.15) is 9.29 Å². The zero-order valence-electron chi connectivity index (χ0n) is 12.6. The number of nitrogens with zero attached hydrogens (tertiary/aromatic N) is 5. The minimum Gasteiger partial charge on any atom is -0.368 e. The van der Waals surface area contributed by atoms with Crippen LogP contribution in [0.4, 0.5) is 11.8 Å². The van der Waals surface area contributed by atoms with E-state index >= 15 is 0 Å². The molecule has 0 bridgehead atoms. The van der Waals surface area contributed by atoms with E-state index in [0.29, 0.717) is 36.9 Å². The molecule has 0 spiro atoms. The van der Waals surface area contributed by atoms with Gasteiger partial charge in [0.15, 0.2) is 0 Å². The van der Waals surface area contributed by atoms with Gasteiger partial charge in [-0.3, -0.25) is 0 Å². The number of nitrogens with two attached hydrogens (primary N) is 1. The molecule has 2 aromatic rings. The van der Waals surface area contributed by atoms with E-state index in [1.54, 1.807) is 36.1 Å². The van der Waals surface area contributed by atoms with Crippen molar-refractivity contribution in [2.75, 3.05) is 36.8 Å². The number of hydrogen-bond donors (Lipinski definition) is 1. The summed E-state index contributed by atoms with van der Waals surface area (Å²) in [5.41, 5.74) is 5.60. The maximum Gasteiger partial charge on any atom is 0.244 e. The fourth-order valence-corrected chi connectivity index (χ4v) is 4.18. The number of aryl methyl sites for hydroxylation is 1. The fourth-order valence-electron chi connectivity index (χ4n) is 2.52. The molecule has 0 atom stereocenters. The fraction of sp³-hybridized carbons (Fsp3) is 0.385. The van der Waals surface area contributed by atoms with Crippen LogP contribution in [0.5, 0.6) is 0 Å². The Kier molecular flexibility index (Phi) is 4.17. The van der Waals surface area contributed by atoms with E-state index in [4.69, 9.17) is 17.3 Å². The van der Waals surface area contributed by atoms with E-state index in [1.165, 1.54) is 4.31 Å². The van der Waals surface area contributed by atoms with Crippen LogP contribution in [0.1, 0.15) is 0 Å². The molecule has 3 heterocycles. The highest BCUT2D eigenvalue weighted by atomic mass is 35.5. The monoisotopic (exact) mass is 356 g/mol. The highest BCUT2D eigenvalue weighted by Crippen LogP contribution is 2.22. The van der Waals surface area contributed by atoms with Crippen LogP contribution >= 0.6 is 11.6 Å². The molecular weight excluding hydrogens is 340 g/mol. The van der Waals surface area contributed by atoms with E-state index < -0.39 is 10.0 Å². The Balaban J connectivity index is 1.73. The van der Waals surface area contributed by atoms with Gasteiger partial charge in [0.2, 0.25) is 16.0 Å². The SMILES string of the molecule is Cn1ccc(S(=O)(=O)N2CCN(c3cc(Cl)nc(N)n3)CC2)c1. The second-order valence-electron chi connectivity index (χ2n) is 5.31. The minimum atomic E-state index is -3.46. The number of aromatic nitrogens is 3. The molecule has 0 unspecified atom stereocenters. The van der Waals surface area contributed by atoms with Crippen molar-refractivity contribution in [2.45, 2.75) is 4.90 Å². The quantitative estimate of drug-likeness (QED) is 0.807. The van der Waals surface area contributed by atoms with Gasteiger partial charge in [0.25, 0.3) is 0 Å². The van der Waals surface area contributed by atoms with Gasteiger partial charge in [0.05, 0.1) is 4.90 Å². The Morgan fingerprint density at radius 1 is 1.22 bits per heavy atom. The van der Waals surface area contributed by atoms with Crippen molar-refractivity contribution in [3.05, 3.63) is 29.7 Å². The second-order valence-corrected chi connectivity index (χ2v) is 7.64. The van der Waals surface area contributed by atoms with Crippen molar-refractivity contribution >= 4 is 33.4 Å². The number of nitrogen functional groups attached to an aromatic ring is 1. The van der Waals surface area contributed by atoms with Gasteiger partial charge in [-0.1, -0.05) is 11.6 Å². The molecule has 2 aromatic heterocycles. The van der Waals surface area contributed by atoms with Crippen LogP contribution in [0.3, 0.4) is 0 Å². The molecule has 2 N–H and O–H groups in total. The normalized spacial score (nSPS) is 16.7. The van der Waals surface area contributed by atoms with Crippen LogP contribution < -0.4 is 10.6 Å². The Hall–Kier alpha value is -1.84. The van der Waals surface area contributed by atoms with E-state index in [9.17, 15) is 8.42 Å². The van der Waals surface area contributed by atoms with E-state index in [-0.39, 0.29) is 11.1 Å². The van der Waals surface area contributed by atoms with Crippen LogP contribution in [0, 0.1) is 0 Å². The van der Waals surface area contributed by atoms with Crippen LogP contribution in [-0.4, -0.2) is 53.4 Å². The summed E-state index contributed by atoms with van der Waals surface area (Å²) in [5.74, 6) is 0.714. The average Bonchev–Trinajstić information content (AvgIpc) is 2.94. The van der Waals surface area contributed by atoms with Crippen LogP contribution in [0.15, 0.2) is 29.4 Å². The van der Waals surface area contributed by atoms with Crippen LogP contribution in [0.2, 0.25) is 5.15 Å². The molecule has 10 heteroatoms. The predicted octanol–water partition coefficient (Wildman–Crippen LogP) is 0.562. The third-order valence-electron chi connectivity index (χ3n) is 3.70. The van der Waals surface area contributed by atoms with Crippen molar-refractivity contribution in [3.63, 3.8) is 0 Å². The van der Waals surface area contributed by atoms with Gasteiger partial charge in [-0.05, 0) is 6.07 Å². The molecule has 3 rings (SSSR count). The van der Waals surface area contributed by atoms with Crippen molar-refractivity contribution < 1.29 is 8.42 Å². The number of piperazine rings is 1. The standard InChI is InChI=1S/C13H17ClN6O2S/c1-18-3-2-10(9-18)23(21,22)20-6-4-19(5-7-20)12-8-11(14)16-13(15)17-12/h2-3,8-9H,4-7H2,1H3,(H2,15,16,17). The van der Waals surface area contributed by atoms with E-state index in [0.717, 1.165) is 0 Å². The number of hydrogen-bond acceptors (Lipinski definition) is 6. The van der Waals surface area contributed by atoms with Gasteiger partial charge in [-0.25, -0.2) is 13.4 Å². The summed E-state index contributed by atoms with van der Waals surface area (Å²) < 4.78 is 28.4. The second kappa shape index (κ2) is 5.99. The summed E-state index contributed by atoms with van der Waals surface area (Å²) in [7, 11) is -1.67. The lowest BCUT2D eigenvalue weighted by atomic mass is 10.3. The zero-order valence-corrected chi connectivity index (χ0v) is 14.1. The van der Waals surface area contributed by atoms with Gasteiger partial charge >= 0.3 is 0 Å². The first-order valence-electron chi connectivity index (χ1n) is 7.03. The van der Waals surface area contributed by atoms with E-state index in [1.807, 2.05) is 4.90 Å². The first-order chi connectivity index (χ1) is 10.9. The summed E-state index contributed by atoms with van der Waals surface area (Å²) in [6, 6.07) is 3.23. The predicted molar refractivity (Wildman–Crippen MR) is 87.8 cm³/mol. The molecule has 1 saturated heterocycles. The summed E-state index contributed by atoms with van der Waals surface area (Å²) >= 11 is 5.89. The molecule has 124 valence electrons. The van der Waals surface area contributed by atoms with Crippen LogP contribution in [-0.2, 0) is 17.1 Å². The maximum atomic E-state index is 12.6. The van der Waals surface area contributed by atoms with Gasteiger partial charge in [-0.15, -0.1) is 0 Å². The molecule has 0 radical (unpaired) electrons. The van der Waals surface area contributed by atoms with Gasteiger partial charge in [0.1, 0.15) is 11.0 Å². The molecule has 23 heavy (non-hydrogen) atoms. The average molecular weight is 357 g/mol. The molecule has 1 aliphatic heterocycles. The first-order valence-corrected chi connectivity index (χ1v) is 8.85. The summed E-state index contributed by atoms with van der Waals surface area (Å²) in [4.78, 5) is 10.2. The Bertz CT molecular complexity index is 793. The highest BCUT2D eigenvalue weighted by Gasteiger charge is 2.29. The molecule has 8 nitrogen and oxygen atoms in total. The van der Waals surface area contributed by atoms with Crippen molar-refractivity contribution in [1.82, 2.24) is 18.8 Å². The minimum absolute atomic E-state index is 0.104. The molecule has 0 saturated carbocycles. The number of sulfonamides is 1. The van der Waals surface area contributed by atoms with Gasteiger partial charge < -0.3 is 15.2 Å². The maximum absolute atomic E-state index is 12.6. The topological polar surface area (TPSA) is 97.4 Å². The van der Waals surface area contributed by atoms with Gasteiger partial charge in [0, 0.05) is 51.7 Å². The third-order valence-corrected chi connectivity index (χ3v) is 5.78. The highest BCUT2D eigenvalue weighted by molar-refractivity contribution is 7.89. The zero-order chi connectivity index (χ0) is 16.6. The largest absolute Gasteiger partial charge is 0.368 e. The lowest BCUT2D eigenvalue weighted by molar-refractivity contribution is 0.384. The lowest BCUT2D eigenvalue weighted by Crippen LogP contribution is -2.48. The molecule has 0 amide bonds. The molecule has 1 fully saturated rings. The van der Waals surface area contributed by atoms with Crippen molar-refractivity contribution in [1.29, 1.82) is 0 Å². The molecular formula is C13H17ClN6O2S. The van der Waals surface area contributed by atoms with Crippen LogP contribution in [0.25, 0.3) is 0 Å². The summed E-state index contributed by atoms with van der Waals surface area (Å²) in [5, 5.41) is 0.270. The Morgan fingerprint density at radius 2 is 1.91 bits per heavy atom. The van der Waals surface area contributed by atoms with E-state index in [2.05, 4.69) is 9.97 Å². The number of rotatable bonds is 3. The number of anilines is 2. The number of halogens is 1. The van der Waals surface area contributed by atoms with Crippen molar-refractivity contribution in [2.24, 2.45) is 7.05 Å². The Morgan fingerprint density at radius 3 is 2.48 bits per heavy atom. The molecule has 0 aromatic carbocycles. The third kappa shape index (κ3) is 3.26. The molecule has 0 aliphatic carbocycles. The molecule has 1 aliphatic rings. The van der Waals surface area contributed by atoms with Crippen molar-refractivity contribution in [3.8, 4) is 0 Å².